The van der Waals surface area contributed by atoms with Gasteiger partial charge < -0.3 is 10.2 Å². The van der Waals surface area contributed by atoms with Crippen LogP contribution in [0.25, 0.3) is 5.69 Å². The number of hydrogen-bond donors (Lipinski definition) is 3. The van der Waals surface area contributed by atoms with Gasteiger partial charge in [-0.15, -0.1) is 10.2 Å². The summed E-state index contributed by atoms with van der Waals surface area (Å²) in [6.45, 7) is 4.06. The van der Waals surface area contributed by atoms with Crippen molar-refractivity contribution in [1.82, 2.24) is 24.7 Å². The summed E-state index contributed by atoms with van der Waals surface area (Å²) >= 11 is 12.4. The molecule has 0 unspecified atom stereocenters. The molecular formula is C27H23Cl2N9O4S. The van der Waals surface area contributed by atoms with Crippen LogP contribution in [-0.2, 0) is 10.1 Å². The predicted molar refractivity (Wildman–Crippen MR) is 164 cm³/mol. The first-order valence-corrected chi connectivity index (χ1v) is 14.9. The van der Waals surface area contributed by atoms with Gasteiger partial charge in [0.05, 0.1) is 16.4 Å². The van der Waals surface area contributed by atoms with Crippen LogP contribution in [0, 0.1) is 6.92 Å². The van der Waals surface area contributed by atoms with Gasteiger partial charge in [-0.25, -0.2) is 4.68 Å². The van der Waals surface area contributed by atoms with Crippen LogP contribution in [0.4, 0.5) is 34.6 Å². The van der Waals surface area contributed by atoms with E-state index in [-0.39, 0.29) is 34.2 Å². The molecule has 2 aromatic heterocycles. The number of anilines is 4. The SMILES string of the molecule is CCN(c1ccccc1)c1nc(Cl)nc(Nc2ccc(S(=O)(=O)O)c(N=Nc3c(C)[nH]n(-c4ccccc4Cl)c3=O)c2)n1. The second-order valence-electron chi connectivity index (χ2n) is 8.97. The Bertz CT molecular complexity index is 2000. The lowest BCUT2D eigenvalue weighted by Crippen LogP contribution is -2.19. The molecule has 0 saturated heterocycles. The van der Waals surface area contributed by atoms with Crippen molar-refractivity contribution in [3.05, 3.63) is 99.2 Å². The maximum Gasteiger partial charge on any atom is 0.299 e. The number of benzene rings is 3. The van der Waals surface area contributed by atoms with Crippen molar-refractivity contribution in [2.24, 2.45) is 10.2 Å². The van der Waals surface area contributed by atoms with E-state index in [2.05, 4.69) is 35.6 Å². The minimum absolute atomic E-state index is 0.0657. The fourth-order valence-electron chi connectivity index (χ4n) is 4.15. The predicted octanol–water partition coefficient (Wildman–Crippen LogP) is 6.53. The van der Waals surface area contributed by atoms with Crippen LogP contribution in [0.5, 0.6) is 0 Å². The Hall–Kier alpha value is -4.63. The van der Waals surface area contributed by atoms with Gasteiger partial charge in [0.15, 0.2) is 5.69 Å². The van der Waals surface area contributed by atoms with Gasteiger partial charge in [0.25, 0.3) is 15.7 Å². The lowest BCUT2D eigenvalue weighted by atomic mass is 10.3. The molecule has 5 aromatic rings. The van der Waals surface area contributed by atoms with Gasteiger partial charge in [0, 0.05) is 17.9 Å². The fourth-order valence-corrected chi connectivity index (χ4v) is 5.13. The third kappa shape index (κ3) is 6.57. The van der Waals surface area contributed by atoms with Crippen molar-refractivity contribution in [2.75, 3.05) is 16.8 Å². The van der Waals surface area contributed by atoms with Crippen LogP contribution in [-0.4, -0.2) is 44.2 Å². The molecule has 0 saturated carbocycles. The minimum atomic E-state index is -4.71. The Kier molecular flexibility index (Phi) is 8.54. The van der Waals surface area contributed by atoms with Crippen LogP contribution < -0.4 is 15.8 Å². The highest BCUT2D eigenvalue weighted by molar-refractivity contribution is 7.86. The first-order valence-electron chi connectivity index (χ1n) is 12.7. The highest BCUT2D eigenvalue weighted by Crippen LogP contribution is 2.31. The van der Waals surface area contributed by atoms with E-state index < -0.39 is 20.6 Å². The Morgan fingerprint density at radius 2 is 1.72 bits per heavy atom. The standard InChI is InChI=1S/C27H23Cl2N9O4S/c1-3-37(18-9-5-4-6-10-18)27-32-25(29)31-26(33-27)30-17-13-14-22(43(40,41)42)20(15-17)34-35-23-16(2)36-38(24(23)39)21-12-8-7-11-19(21)28/h4-15,36H,3H2,1-2H3,(H,40,41,42)(H,30,31,32,33). The summed E-state index contributed by atoms with van der Waals surface area (Å²) in [4.78, 5) is 27.2. The number of hydrogen-bond acceptors (Lipinski definition) is 10. The molecule has 2 heterocycles. The number of aromatic nitrogens is 5. The van der Waals surface area contributed by atoms with Crippen molar-refractivity contribution >= 4 is 68.0 Å². The van der Waals surface area contributed by atoms with E-state index >= 15 is 0 Å². The molecule has 0 radical (unpaired) electrons. The minimum Gasteiger partial charge on any atom is -0.324 e. The van der Waals surface area contributed by atoms with Crippen LogP contribution in [0.1, 0.15) is 12.6 Å². The molecule has 0 amide bonds. The highest BCUT2D eigenvalue weighted by atomic mass is 35.5. The molecule has 43 heavy (non-hydrogen) atoms. The number of H-pyrrole nitrogens is 1. The van der Waals surface area contributed by atoms with Crippen LogP contribution >= 0.6 is 23.2 Å². The number of azo groups is 1. The summed E-state index contributed by atoms with van der Waals surface area (Å²) in [5.41, 5.74) is 0.966. The third-order valence-electron chi connectivity index (χ3n) is 6.11. The molecule has 0 fully saturated rings. The summed E-state index contributed by atoms with van der Waals surface area (Å²) in [5.74, 6) is 0.347. The van der Waals surface area contributed by atoms with Crippen molar-refractivity contribution in [3.8, 4) is 5.69 Å². The number of nitrogens with one attached hydrogen (secondary N) is 2. The van der Waals surface area contributed by atoms with Gasteiger partial charge in [0.2, 0.25) is 17.2 Å². The number of para-hydroxylation sites is 2. The normalized spacial score (nSPS) is 11.7. The smallest absolute Gasteiger partial charge is 0.299 e. The zero-order valence-corrected chi connectivity index (χ0v) is 24.9. The molecule has 16 heteroatoms. The quantitative estimate of drug-likeness (QED) is 0.120. The monoisotopic (exact) mass is 639 g/mol. The van der Waals surface area contributed by atoms with E-state index in [1.54, 1.807) is 31.2 Å². The van der Waals surface area contributed by atoms with Gasteiger partial charge in [-0.1, -0.05) is 41.9 Å². The molecule has 0 spiro atoms. The van der Waals surface area contributed by atoms with Gasteiger partial charge >= 0.3 is 0 Å². The van der Waals surface area contributed by atoms with Gasteiger partial charge in [-0.2, -0.15) is 23.4 Å². The highest BCUT2D eigenvalue weighted by Gasteiger charge is 2.19. The summed E-state index contributed by atoms with van der Waals surface area (Å²) in [7, 11) is -4.71. The molecule has 0 bridgehead atoms. The molecule has 5 rings (SSSR count). The Labute approximate surface area is 255 Å². The number of halogens is 2. The van der Waals surface area contributed by atoms with Crippen LogP contribution in [0.3, 0.4) is 0 Å². The third-order valence-corrected chi connectivity index (χ3v) is 7.50. The maximum absolute atomic E-state index is 13.1. The Morgan fingerprint density at radius 1 is 1.00 bits per heavy atom. The lowest BCUT2D eigenvalue weighted by molar-refractivity contribution is 0.483. The zero-order chi connectivity index (χ0) is 30.7. The van der Waals surface area contributed by atoms with Gasteiger partial charge in [-0.05, 0) is 67.9 Å². The fraction of sp³-hybridized carbons (Fsp3) is 0.111. The van der Waals surface area contributed by atoms with E-state index in [9.17, 15) is 17.8 Å². The molecule has 13 nitrogen and oxygen atoms in total. The number of nitrogens with zero attached hydrogens (tertiary/aromatic N) is 7. The average Bonchev–Trinajstić information content (AvgIpc) is 3.24. The summed E-state index contributed by atoms with van der Waals surface area (Å²) in [5, 5.41) is 14.1. The van der Waals surface area contributed by atoms with Gasteiger partial charge in [-0.3, -0.25) is 14.4 Å². The summed E-state index contributed by atoms with van der Waals surface area (Å²) in [6.07, 6.45) is 0. The summed E-state index contributed by atoms with van der Waals surface area (Å²) < 4.78 is 35.3. The Balaban J connectivity index is 1.50. The second-order valence-corrected chi connectivity index (χ2v) is 11.1. The first-order chi connectivity index (χ1) is 20.5. The van der Waals surface area contributed by atoms with Crippen LogP contribution in [0.15, 0.2) is 92.7 Å². The number of aromatic amines is 1. The van der Waals surface area contributed by atoms with E-state index in [1.807, 2.05) is 42.2 Å². The molecule has 220 valence electrons. The van der Waals surface area contributed by atoms with Gasteiger partial charge in [0.1, 0.15) is 10.6 Å². The Morgan fingerprint density at radius 3 is 2.42 bits per heavy atom. The van der Waals surface area contributed by atoms with Crippen molar-refractivity contribution in [2.45, 2.75) is 18.7 Å². The molecule has 0 aliphatic heterocycles. The number of aryl methyl sites for hydroxylation is 1. The van der Waals surface area contributed by atoms with Crippen molar-refractivity contribution in [1.29, 1.82) is 0 Å². The van der Waals surface area contributed by atoms with E-state index in [0.29, 0.717) is 22.9 Å². The molecule has 3 N–H and O–H groups in total. The van der Waals surface area contributed by atoms with Crippen molar-refractivity contribution < 1.29 is 13.0 Å². The zero-order valence-electron chi connectivity index (χ0n) is 22.6. The topological polar surface area (TPSA) is 171 Å². The first kappa shape index (κ1) is 29.8. The lowest BCUT2D eigenvalue weighted by Gasteiger charge is -2.21. The molecule has 3 aromatic carbocycles. The number of rotatable bonds is 9. The molecule has 0 aliphatic rings. The van der Waals surface area contributed by atoms with Crippen molar-refractivity contribution in [3.63, 3.8) is 0 Å². The molecular weight excluding hydrogens is 617 g/mol. The largest absolute Gasteiger partial charge is 0.324 e. The van der Waals surface area contributed by atoms with E-state index in [1.165, 1.54) is 16.8 Å². The molecule has 0 aliphatic carbocycles. The molecule has 0 atom stereocenters. The van der Waals surface area contributed by atoms with E-state index in [4.69, 9.17) is 23.2 Å². The second kappa shape index (κ2) is 12.3. The average molecular weight is 641 g/mol. The summed E-state index contributed by atoms with van der Waals surface area (Å²) in [6, 6.07) is 20.0. The van der Waals surface area contributed by atoms with Crippen LogP contribution in [0.2, 0.25) is 10.3 Å². The maximum atomic E-state index is 13.1. The van der Waals surface area contributed by atoms with E-state index in [0.717, 1.165) is 11.8 Å².